The van der Waals surface area contributed by atoms with Crippen LogP contribution >= 0.6 is 28.3 Å². The number of nitrogens with one attached hydrogen (secondary N) is 2. The number of piperidine rings is 1. The quantitative estimate of drug-likeness (QED) is 0.870. The molecule has 0 aromatic heterocycles. The fourth-order valence-corrected chi connectivity index (χ4v) is 2.44. The molecule has 3 nitrogen and oxygen atoms in total. The van der Waals surface area contributed by atoms with Gasteiger partial charge in [-0.05, 0) is 53.5 Å². The maximum atomic E-state index is 12.9. The molecule has 100 valence electrons. The molecule has 1 aromatic carbocycles. The Bertz CT molecular complexity index is 425. The molecule has 1 aliphatic rings. The van der Waals surface area contributed by atoms with E-state index in [9.17, 15) is 9.18 Å². The Kier molecular flexibility index (Phi) is 6.05. The Labute approximate surface area is 120 Å². The van der Waals surface area contributed by atoms with Gasteiger partial charge in [0.05, 0.1) is 5.56 Å². The summed E-state index contributed by atoms with van der Waals surface area (Å²) in [6, 6.07) is 4.24. The Morgan fingerprint density at radius 3 is 2.89 bits per heavy atom. The van der Waals surface area contributed by atoms with Crippen molar-refractivity contribution < 1.29 is 9.18 Å². The van der Waals surface area contributed by atoms with E-state index in [4.69, 9.17) is 0 Å². The molecule has 6 heteroatoms. The van der Waals surface area contributed by atoms with Gasteiger partial charge in [0.15, 0.2) is 0 Å². The maximum absolute atomic E-state index is 12.9. The molecule has 0 saturated carbocycles. The van der Waals surface area contributed by atoms with E-state index in [1.54, 1.807) is 0 Å². The van der Waals surface area contributed by atoms with E-state index in [2.05, 4.69) is 26.6 Å². The van der Waals surface area contributed by atoms with Crippen LogP contribution < -0.4 is 10.6 Å². The minimum Gasteiger partial charge on any atom is -0.348 e. The fraction of sp³-hybridized carbons (Fsp3) is 0.417. The first-order valence-corrected chi connectivity index (χ1v) is 6.43. The predicted molar refractivity (Wildman–Crippen MR) is 74.7 cm³/mol. The monoisotopic (exact) mass is 336 g/mol. The van der Waals surface area contributed by atoms with E-state index in [-0.39, 0.29) is 30.2 Å². The zero-order chi connectivity index (χ0) is 12.3. The van der Waals surface area contributed by atoms with Crippen molar-refractivity contribution in [3.8, 4) is 0 Å². The number of carbonyl (C=O) groups excluding carboxylic acids is 1. The summed E-state index contributed by atoms with van der Waals surface area (Å²) < 4.78 is 13.4. The van der Waals surface area contributed by atoms with Gasteiger partial charge in [0.1, 0.15) is 5.82 Å². The molecular formula is C12H15BrClFN2O. The molecule has 1 atom stereocenters. The zero-order valence-electron chi connectivity index (χ0n) is 9.71. The molecule has 1 aliphatic heterocycles. The zero-order valence-corrected chi connectivity index (χ0v) is 12.1. The molecule has 1 amide bonds. The third-order valence-corrected chi connectivity index (χ3v) is 3.46. The normalized spacial score (nSPS) is 18.9. The van der Waals surface area contributed by atoms with Crippen molar-refractivity contribution in [2.45, 2.75) is 18.9 Å². The summed E-state index contributed by atoms with van der Waals surface area (Å²) in [6.07, 6.45) is 2.05. The summed E-state index contributed by atoms with van der Waals surface area (Å²) in [5, 5.41) is 6.17. The molecule has 2 rings (SSSR count). The molecule has 1 fully saturated rings. The van der Waals surface area contributed by atoms with Gasteiger partial charge in [-0.2, -0.15) is 0 Å². The number of carbonyl (C=O) groups is 1. The van der Waals surface area contributed by atoms with E-state index in [1.165, 1.54) is 18.2 Å². The SMILES string of the molecule is Cl.O=C(N[C@H]1CCCNC1)c1ccc(F)cc1Br. The summed E-state index contributed by atoms with van der Waals surface area (Å²) in [4.78, 5) is 12.0. The minimum absolute atomic E-state index is 0. The summed E-state index contributed by atoms with van der Waals surface area (Å²) in [6.45, 7) is 1.80. The van der Waals surface area contributed by atoms with Crippen molar-refractivity contribution >= 4 is 34.2 Å². The lowest BCUT2D eigenvalue weighted by Gasteiger charge is -2.24. The number of halogens is 3. The number of hydrogen-bond acceptors (Lipinski definition) is 2. The lowest BCUT2D eigenvalue weighted by atomic mass is 10.1. The Hall–Kier alpha value is -0.650. The minimum atomic E-state index is -0.354. The Balaban J connectivity index is 0.00000162. The van der Waals surface area contributed by atoms with Crippen LogP contribution in [0.5, 0.6) is 0 Å². The Morgan fingerprint density at radius 2 is 2.28 bits per heavy atom. The highest BCUT2D eigenvalue weighted by Gasteiger charge is 2.17. The van der Waals surface area contributed by atoms with Gasteiger partial charge >= 0.3 is 0 Å². The summed E-state index contributed by atoms with van der Waals surface area (Å²) in [5.41, 5.74) is 0.469. The third kappa shape index (κ3) is 3.93. The van der Waals surface area contributed by atoms with Crippen LogP contribution in [0.25, 0.3) is 0 Å². The van der Waals surface area contributed by atoms with Gasteiger partial charge in [0.2, 0.25) is 0 Å². The summed E-state index contributed by atoms with van der Waals surface area (Å²) in [7, 11) is 0. The maximum Gasteiger partial charge on any atom is 0.252 e. The van der Waals surface area contributed by atoms with Crippen LogP contribution in [0.1, 0.15) is 23.2 Å². The Morgan fingerprint density at radius 1 is 1.50 bits per heavy atom. The van der Waals surface area contributed by atoms with Crippen LogP contribution in [0.4, 0.5) is 4.39 Å². The molecule has 0 radical (unpaired) electrons. The molecule has 0 bridgehead atoms. The van der Waals surface area contributed by atoms with Crippen molar-refractivity contribution in [1.29, 1.82) is 0 Å². The van der Waals surface area contributed by atoms with Crippen molar-refractivity contribution in [1.82, 2.24) is 10.6 Å². The highest BCUT2D eigenvalue weighted by Crippen LogP contribution is 2.18. The molecule has 1 heterocycles. The van der Waals surface area contributed by atoms with Crippen LogP contribution in [-0.4, -0.2) is 25.0 Å². The van der Waals surface area contributed by atoms with Crippen LogP contribution in [0, 0.1) is 5.82 Å². The average molecular weight is 338 g/mol. The molecule has 1 aromatic rings. The van der Waals surface area contributed by atoms with Crippen LogP contribution in [0.2, 0.25) is 0 Å². The molecule has 0 aliphatic carbocycles. The van der Waals surface area contributed by atoms with Crippen molar-refractivity contribution in [2.75, 3.05) is 13.1 Å². The summed E-state index contributed by atoms with van der Waals surface area (Å²) in [5.74, 6) is -0.515. The second-order valence-electron chi connectivity index (χ2n) is 4.14. The summed E-state index contributed by atoms with van der Waals surface area (Å²) >= 11 is 3.20. The van der Waals surface area contributed by atoms with Crippen LogP contribution in [0.3, 0.4) is 0 Å². The lowest BCUT2D eigenvalue weighted by Crippen LogP contribution is -2.45. The first kappa shape index (κ1) is 15.4. The third-order valence-electron chi connectivity index (χ3n) is 2.81. The largest absolute Gasteiger partial charge is 0.348 e. The second kappa shape index (κ2) is 7.07. The predicted octanol–water partition coefficient (Wildman–Crippen LogP) is 2.49. The molecule has 2 N–H and O–H groups in total. The first-order chi connectivity index (χ1) is 8.16. The molecule has 1 saturated heterocycles. The molecule has 0 spiro atoms. The topological polar surface area (TPSA) is 41.1 Å². The van der Waals surface area contributed by atoms with E-state index in [1.807, 2.05) is 0 Å². The van der Waals surface area contributed by atoms with Gasteiger partial charge in [-0.3, -0.25) is 4.79 Å². The first-order valence-electron chi connectivity index (χ1n) is 5.63. The van der Waals surface area contributed by atoms with Gasteiger partial charge in [-0.1, -0.05) is 0 Å². The standard InChI is InChI=1S/C12H14BrFN2O.ClH/c13-11-6-8(14)3-4-10(11)12(17)16-9-2-1-5-15-7-9;/h3-4,6,9,15H,1-2,5,7H2,(H,16,17);1H/t9-;/m0./s1. The van der Waals surface area contributed by atoms with E-state index in [0.29, 0.717) is 10.0 Å². The van der Waals surface area contributed by atoms with Gasteiger partial charge in [0, 0.05) is 17.1 Å². The highest BCUT2D eigenvalue weighted by molar-refractivity contribution is 9.10. The van der Waals surface area contributed by atoms with Gasteiger partial charge < -0.3 is 10.6 Å². The number of hydrogen-bond donors (Lipinski definition) is 2. The number of rotatable bonds is 2. The van der Waals surface area contributed by atoms with Gasteiger partial charge in [0.25, 0.3) is 5.91 Å². The van der Waals surface area contributed by atoms with Crippen LogP contribution in [0.15, 0.2) is 22.7 Å². The highest BCUT2D eigenvalue weighted by atomic mass is 79.9. The number of benzene rings is 1. The molecule has 0 unspecified atom stereocenters. The smallest absolute Gasteiger partial charge is 0.252 e. The van der Waals surface area contributed by atoms with E-state index in [0.717, 1.165) is 25.9 Å². The van der Waals surface area contributed by atoms with E-state index >= 15 is 0 Å². The lowest BCUT2D eigenvalue weighted by molar-refractivity contribution is 0.0930. The fourth-order valence-electron chi connectivity index (χ4n) is 1.91. The molecular weight excluding hydrogens is 322 g/mol. The van der Waals surface area contributed by atoms with Gasteiger partial charge in [-0.15, -0.1) is 12.4 Å². The van der Waals surface area contributed by atoms with Crippen molar-refractivity contribution in [3.63, 3.8) is 0 Å². The van der Waals surface area contributed by atoms with Gasteiger partial charge in [-0.25, -0.2) is 4.39 Å². The second-order valence-corrected chi connectivity index (χ2v) is 5.00. The van der Waals surface area contributed by atoms with Crippen LogP contribution in [-0.2, 0) is 0 Å². The average Bonchev–Trinajstić information content (AvgIpc) is 2.30. The van der Waals surface area contributed by atoms with Crippen molar-refractivity contribution in [2.24, 2.45) is 0 Å². The van der Waals surface area contributed by atoms with Crippen molar-refractivity contribution in [3.05, 3.63) is 34.1 Å². The van der Waals surface area contributed by atoms with E-state index < -0.39 is 0 Å². The molecule has 18 heavy (non-hydrogen) atoms. The number of amides is 1.